The second kappa shape index (κ2) is 31.5. The Labute approximate surface area is 199 Å². The fourth-order valence-electron chi connectivity index (χ4n) is 0.283. The molecule has 16 heteroatoms. The van der Waals surface area contributed by atoms with Crippen LogP contribution in [0.25, 0.3) is 0 Å². The summed E-state index contributed by atoms with van der Waals surface area (Å²) in [5, 5.41) is 88.3. The third-order valence-corrected chi connectivity index (χ3v) is 1.94. The Hall–Kier alpha value is -1.69. The number of carboxylic acids is 4. The van der Waals surface area contributed by atoms with E-state index >= 15 is 0 Å². The maximum absolute atomic E-state index is 9.34. The first-order valence-corrected chi connectivity index (χ1v) is 8.47. The molecule has 0 aliphatic carbocycles. The van der Waals surface area contributed by atoms with Crippen LogP contribution in [0.1, 0.15) is 27.7 Å². The van der Waals surface area contributed by atoms with E-state index in [1.54, 1.807) is 0 Å². The van der Waals surface area contributed by atoms with Gasteiger partial charge >= 0.3 is 21.7 Å². The van der Waals surface area contributed by atoms with Crippen molar-refractivity contribution in [1.29, 1.82) is 0 Å². The first-order chi connectivity index (χ1) is 14.0. The molecule has 4 atom stereocenters. The quantitative estimate of drug-likeness (QED) is 0.118. The van der Waals surface area contributed by atoms with E-state index in [9.17, 15) is 39.6 Å². The molecule has 0 aliphatic rings. The van der Waals surface area contributed by atoms with Gasteiger partial charge < -0.3 is 75.6 Å². The molecule has 0 aliphatic heterocycles. The molecule has 0 fully saturated rings. The molecule has 0 spiro atoms. The Balaban J connectivity index is -0.0000000656. The van der Waals surface area contributed by atoms with Crippen molar-refractivity contribution in [3.63, 3.8) is 0 Å². The van der Waals surface area contributed by atoms with Crippen LogP contribution in [0, 0.1) is 0 Å². The molecule has 32 heavy (non-hydrogen) atoms. The number of nitrogens with one attached hydrogen (secondary N) is 1. The molecular weight excluding hydrogens is 478 g/mol. The summed E-state index contributed by atoms with van der Waals surface area (Å²) in [5.41, 5.74) is 0. The summed E-state index contributed by atoms with van der Waals surface area (Å²) in [6.07, 6.45) is -5.37. The Bertz CT molecular complexity index is 382. The van der Waals surface area contributed by atoms with E-state index in [1.807, 2.05) is 0 Å². The number of hydrogen-bond acceptors (Lipinski definition) is 15. The number of aliphatic hydroxyl groups is 6. The smallest absolute Gasteiger partial charge is 0.547 e. The molecule has 0 rings (SSSR count). The van der Waals surface area contributed by atoms with Gasteiger partial charge in [0.25, 0.3) is 0 Å². The third-order valence-electron chi connectivity index (χ3n) is 1.94. The van der Waals surface area contributed by atoms with Gasteiger partial charge in [0.05, 0.1) is 61.5 Å². The molecule has 4 unspecified atom stereocenters. The first-order valence-electron chi connectivity index (χ1n) is 8.47. The summed E-state index contributed by atoms with van der Waals surface area (Å²) >= 11 is 0. The van der Waals surface area contributed by atoms with Crippen LogP contribution in [-0.4, -0.2) is 105 Å². The van der Waals surface area contributed by atoms with Gasteiger partial charge in [-0.25, -0.2) is 0 Å². The number of carbonyl (C=O) groups excluding carboxylic acids is 4. The number of carboxylic acid groups (broad SMARTS) is 4. The van der Waals surface area contributed by atoms with Gasteiger partial charge in [-0.3, -0.25) is 0 Å². The van der Waals surface area contributed by atoms with Gasteiger partial charge in [-0.15, -0.1) is 0 Å². The minimum atomic E-state index is -1.44. The van der Waals surface area contributed by atoms with Gasteiger partial charge in [0.2, 0.25) is 0 Å². The van der Waals surface area contributed by atoms with Crippen molar-refractivity contribution < 1.29 is 92.0 Å². The van der Waals surface area contributed by atoms with Crippen LogP contribution >= 0.6 is 0 Å². The maximum Gasteiger partial charge on any atom is 4.00 e. The van der Waals surface area contributed by atoms with Crippen LogP contribution in [0.15, 0.2) is 0 Å². The molecule has 0 saturated heterocycles. The van der Waals surface area contributed by atoms with E-state index in [0.29, 0.717) is 13.1 Å². The van der Waals surface area contributed by atoms with Gasteiger partial charge in [-0.2, -0.15) is 0 Å². The van der Waals surface area contributed by atoms with Crippen LogP contribution in [0.3, 0.4) is 0 Å². The zero-order chi connectivity index (χ0) is 26.2. The van der Waals surface area contributed by atoms with Crippen molar-refractivity contribution in [3.05, 3.63) is 0 Å². The number of aliphatic carboxylic acids is 4. The van der Waals surface area contributed by atoms with Crippen molar-refractivity contribution >= 4 is 23.9 Å². The van der Waals surface area contributed by atoms with Crippen molar-refractivity contribution in [2.45, 2.75) is 52.1 Å². The van der Waals surface area contributed by atoms with Gasteiger partial charge in [0.15, 0.2) is 0 Å². The molecule has 0 aromatic rings. The molecule has 0 amide bonds. The minimum absolute atomic E-state index is 0. The molecule has 0 bridgehead atoms. The van der Waals surface area contributed by atoms with Gasteiger partial charge in [-0.1, -0.05) is 0 Å². The fraction of sp³-hybridized carbons (Fsp3) is 0.750. The summed E-state index contributed by atoms with van der Waals surface area (Å²) in [5.74, 6) is -5.74. The average Bonchev–Trinajstić information content (AvgIpc) is 2.63. The zero-order valence-electron chi connectivity index (χ0n) is 18.1. The average molecular weight is 509 g/mol. The number of carbonyl (C=O) groups is 4. The Morgan fingerprint density at radius 2 is 0.719 bits per heavy atom. The summed E-state index contributed by atoms with van der Waals surface area (Å²) in [7, 11) is 0. The van der Waals surface area contributed by atoms with E-state index in [1.165, 1.54) is 0 Å². The van der Waals surface area contributed by atoms with Crippen molar-refractivity contribution in [2.75, 3.05) is 26.3 Å². The summed E-state index contributed by atoms with van der Waals surface area (Å²) in [6, 6.07) is 0. The van der Waals surface area contributed by atoms with E-state index in [4.69, 9.17) is 30.6 Å². The second-order valence-electron chi connectivity index (χ2n) is 5.18. The standard InChI is InChI=1S/C4H11NO2.4C3H6O3.Ti/c6-3-1-5-2-4-7;4*1-2(4)3(5)6;/h5-7H,1-4H2;4*2,4H,1H3,(H,5,6);/q;;;;;+4/p-4. The predicted molar refractivity (Wildman–Crippen MR) is 93.8 cm³/mol. The number of hydrogen-bond donors (Lipinski definition) is 7. The van der Waals surface area contributed by atoms with E-state index in [0.717, 1.165) is 27.7 Å². The molecule has 0 saturated carbocycles. The maximum atomic E-state index is 9.34. The zero-order valence-corrected chi connectivity index (χ0v) is 19.6. The van der Waals surface area contributed by atoms with Gasteiger partial charge in [0, 0.05) is 13.1 Å². The molecule has 7 N–H and O–H groups in total. The Kier molecular flexibility index (Phi) is 43.4. The molecule has 0 aromatic carbocycles. The largest absolute Gasteiger partial charge is 4.00 e. The van der Waals surface area contributed by atoms with Crippen molar-refractivity contribution in [2.24, 2.45) is 0 Å². The second-order valence-corrected chi connectivity index (χ2v) is 5.18. The van der Waals surface area contributed by atoms with Crippen molar-refractivity contribution in [1.82, 2.24) is 5.32 Å². The topological polar surface area (TPSA) is 294 Å². The van der Waals surface area contributed by atoms with Crippen LogP contribution in [0.4, 0.5) is 0 Å². The molecule has 0 heterocycles. The Morgan fingerprint density at radius 1 is 0.594 bits per heavy atom. The predicted octanol–water partition coefficient (Wildman–Crippen LogP) is -8.97. The van der Waals surface area contributed by atoms with E-state index in [-0.39, 0.29) is 34.9 Å². The van der Waals surface area contributed by atoms with E-state index < -0.39 is 48.3 Å². The SMILES string of the molecule is CC(O)C(=O)[O-].CC(O)C(=O)[O-].CC(O)C(=O)[O-].CC(O)C(=O)[O-].OCCNCCO.[Ti+4]. The monoisotopic (exact) mass is 509 g/mol. The molecule has 15 nitrogen and oxygen atoms in total. The van der Waals surface area contributed by atoms with Gasteiger partial charge in [0.1, 0.15) is 0 Å². The minimum Gasteiger partial charge on any atom is -0.547 e. The summed E-state index contributed by atoms with van der Waals surface area (Å²) in [6.45, 7) is 5.95. The van der Waals surface area contributed by atoms with Crippen LogP contribution in [0.2, 0.25) is 0 Å². The van der Waals surface area contributed by atoms with Crippen LogP contribution in [-0.2, 0) is 40.9 Å². The Morgan fingerprint density at radius 3 is 0.781 bits per heavy atom. The number of rotatable bonds is 8. The van der Waals surface area contributed by atoms with Crippen molar-refractivity contribution in [3.8, 4) is 0 Å². The molecule has 0 radical (unpaired) electrons. The van der Waals surface area contributed by atoms with Crippen LogP contribution in [0.5, 0.6) is 0 Å². The van der Waals surface area contributed by atoms with Crippen LogP contribution < -0.4 is 25.7 Å². The summed E-state index contributed by atoms with van der Waals surface area (Å²) in [4.78, 5) is 37.4. The fourth-order valence-corrected chi connectivity index (χ4v) is 0.283. The first kappa shape index (κ1) is 44.1. The molecule has 188 valence electrons. The van der Waals surface area contributed by atoms with Gasteiger partial charge in [-0.05, 0) is 27.7 Å². The summed E-state index contributed by atoms with van der Waals surface area (Å²) < 4.78 is 0. The third kappa shape index (κ3) is 63.0. The number of aliphatic hydroxyl groups excluding tert-OH is 6. The molecule has 0 aromatic heterocycles. The van der Waals surface area contributed by atoms with E-state index in [2.05, 4.69) is 5.32 Å². The molecular formula is C16H31NO14Ti. The normalized spacial score (nSPS) is 12.3.